The van der Waals surface area contributed by atoms with E-state index < -0.39 is 5.60 Å². The molecule has 1 atom stereocenters. The van der Waals surface area contributed by atoms with Crippen molar-refractivity contribution in [3.05, 3.63) is 48.2 Å². The summed E-state index contributed by atoms with van der Waals surface area (Å²) >= 11 is 0. The summed E-state index contributed by atoms with van der Waals surface area (Å²) in [4.78, 5) is 15.6. The SMILES string of the molecule is CC(C)C/C=C/N1CCC(NC(=O)C(O)(c2ccccc2)C2CCCC2)CC1. The predicted octanol–water partition coefficient (Wildman–Crippen LogP) is 4.20. The van der Waals surface area contributed by atoms with Gasteiger partial charge in [0.15, 0.2) is 5.60 Å². The van der Waals surface area contributed by atoms with Crippen LogP contribution in [0.5, 0.6) is 0 Å². The smallest absolute Gasteiger partial charge is 0.257 e. The van der Waals surface area contributed by atoms with Crippen LogP contribution in [0.25, 0.3) is 0 Å². The maximum absolute atomic E-state index is 13.3. The van der Waals surface area contributed by atoms with E-state index in [1.165, 1.54) is 0 Å². The molecular weight excluding hydrogens is 348 g/mol. The molecule has 1 unspecified atom stereocenters. The Bertz CT molecular complexity index is 644. The first-order valence-corrected chi connectivity index (χ1v) is 11.0. The van der Waals surface area contributed by atoms with Gasteiger partial charge in [-0.15, -0.1) is 0 Å². The highest BCUT2D eigenvalue weighted by Gasteiger charge is 2.46. The Labute approximate surface area is 170 Å². The van der Waals surface area contributed by atoms with Crippen molar-refractivity contribution in [1.82, 2.24) is 10.2 Å². The number of aliphatic hydroxyl groups is 1. The number of benzene rings is 1. The van der Waals surface area contributed by atoms with E-state index in [1.807, 2.05) is 30.3 Å². The summed E-state index contributed by atoms with van der Waals surface area (Å²) in [6.45, 7) is 6.36. The van der Waals surface area contributed by atoms with Crippen LogP contribution < -0.4 is 5.32 Å². The molecule has 154 valence electrons. The molecule has 1 aliphatic carbocycles. The lowest BCUT2D eigenvalue weighted by Crippen LogP contribution is -2.53. The maximum Gasteiger partial charge on any atom is 0.257 e. The number of rotatable bonds is 7. The largest absolute Gasteiger partial charge is 0.377 e. The van der Waals surface area contributed by atoms with Gasteiger partial charge in [0.05, 0.1) is 0 Å². The first kappa shape index (κ1) is 20.9. The zero-order valence-electron chi connectivity index (χ0n) is 17.4. The minimum atomic E-state index is -1.41. The molecule has 2 aliphatic rings. The van der Waals surface area contributed by atoms with Crippen LogP contribution in [0.2, 0.25) is 0 Å². The molecule has 0 bridgehead atoms. The van der Waals surface area contributed by atoms with E-state index in [0.717, 1.165) is 63.6 Å². The molecule has 2 N–H and O–H groups in total. The van der Waals surface area contributed by atoms with E-state index >= 15 is 0 Å². The number of amides is 1. The summed E-state index contributed by atoms with van der Waals surface area (Å²) in [6.07, 6.45) is 11.4. The second-order valence-electron chi connectivity index (χ2n) is 8.91. The van der Waals surface area contributed by atoms with Crippen LogP contribution in [-0.4, -0.2) is 35.0 Å². The van der Waals surface area contributed by atoms with Crippen molar-refractivity contribution >= 4 is 5.91 Å². The van der Waals surface area contributed by atoms with Gasteiger partial charge in [0.2, 0.25) is 0 Å². The van der Waals surface area contributed by atoms with E-state index in [1.54, 1.807) is 0 Å². The number of allylic oxidation sites excluding steroid dienone is 1. The van der Waals surface area contributed by atoms with E-state index in [9.17, 15) is 9.90 Å². The van der Waals surface area contributed by atoms with Crippen molar-refractivity contribution < 1.29 is 9.90 Å². The normalized spacial score (nSPS) is 21.4. The molecule has 1 heterocycles. The third kappa shape index (κ3) is 4.96. The second-order valence-corrected chi connectivity index (χ2v) is 8.91. The molecule has 28 heavy (non-hydrogen) atoms. The van der Waals surface area contributed by atoms with Crippen molar-refractivity contribution in [2.45, 2.75) is 70.4 Å². The van der Waals surface area contributed by atoms with Crippen LogP contribution in [0.4, 0.5) is 0 Å². The standard InChI is InChI=1S/C24H36N2O2/c1-19(2)9-8-16-26-17-14-22(15-18-26)25-23(27)24(28,21-12-6-7-13-21)20-10-4-3-5-11-20/h3-5,8,10-11,16,19,21-22,28H,6-7,9,12-15,17-18H2,1-2H3,(H,25,27)/b16-8+. The highest BCUT2D eigenvalue weighted by molar-refractivity contribution is 5.87. The van der Waals surface area contributed by atoms with Crippen LogP contribution in [0.15, 0.2) is 42.6 Å². The molecule has 1 amide bonds. The number of hydrogen-bond acceptors (Lipinski definition) is 3. The van der Waals surface area contributed by atoms with Crippen LogP contribution >= 0.6 is 0 Å². The summed E-state index contributed by atoms with van der Waals surface area (Å²) < 4.78 is 0. The van der Waals surface area contributed by atoms with Gasteiger partial charge in [-0.2, -0.15) is 0 Å². The van der Waals surface area contributed by atoms with Gasteiger partial charge in [-0.3, -0.25) is 4.79 Å². The number of carbonyl (C=O) groups excluding carboxylic acids is 1. The second kappa shape index (κ2) is 9.60. The first-order chi connectivity index (χ1) is 13.5. The fraction of sp³-hybridized carbons (Fsp3) is 0.625. The van der Waals surface area contributed by atoms with Crippen molar-refractivity contribution in [2.24, 2.45) is 11.8 Å². The monoisotopic (exact) mass is 384 g/mol. The van der Waals surface area contributed by atoms with Gasteiger partial charge < -0.3 is 15.3 Å². The van der Waals surface area contributed by atoms with E-state index in [4.69, 9.17) is 0 Å². The zero-order valence-corrected chi connectivity index (χ0v) is 17.4. The van der Waals surface area contributed by atoms with Crippen LogP contribution in [0.3, 0.4) is 0 Å². The lowest BCUT2D eigenvalue weighted by molar-refractivity contribution is -0.148. The third-order valence-electron chi connectivity index (χ3n) is 6.29. The van der Waals surface area contributed by atoms with Gasteiger partial charge in [-0.1, -0.05) is 63.1 Å². The molecule has 1 saturated carbocycles. The summed E-state index contributed by atoms with van der Waals surface area (Å²) in [7, 11) is 0. The van der Waals surface area contributed by atoms with Crippen molar-refractivity contribution in [2.75, 3.05) is 13.1 Å². The molecule has 3 rings (SSSR count). The van der Waals surface area contributed by atoms with Gasteiger partial charge >= 0.3 is 0 Å². The average molecular weight is 385 g/mol. The van der Waals surface area contributed by atoms with Crippen LogP contribution in [0, 0.1) is 11.8 Å². The maximum atomic E-state index is 13.3. The van der Waals surface area contributed by atoms with E-state index in [2.05, 4.69) is 36.3 Å². The van der Waals surface area contributed by atoms with Gasteiger partial charge in [0.25, 0.3) is 5.91 Å². The lowest BCUT2D eigenvalue weighted by atomic mass is 9.79. The van der Waals surface area contributed by atoms with Gasteiger partial charge in [0, 0.05) is 25.0 Å². The van der Waals surface area contributed by atoms with Crippen molar-refractivity contribution in [3.8, 4) is 0 Å². The van der Waals surface area contributed by atoms with Gasteiger partial charge in [-0.05, 0) is 49.8 Å². The topological polar surface area (TPSA) is 52.6 Å². The molecule has 0 aromatic heterocycles. The molecule has 1 aromatic rings. The number of likely N-dealkylation sites (tertiary alicyclic amines) is 1. The number of nitrogens with one attached hydrogen (secondary N) is 1. The summed E-state index contributed by atoms with van der Waals surface area (Å²) in [6, 6.07) is 9.66. The first-order valence-electron chi connectivity index (χ1n) is 11.0. The van der Waals surface area contributed by atoms with E-state index in [0.29, 0.717) is 5.92 Å². The quantitative estimate of drug-likeness (QED) is 0.741. The molecule has 1 aliphatic heterocycles. The Morgan fingerprint density at radius 2 is 1.82 bits per heavy atom. The van der Waals surface area contributed by atoms with E-state index in [-0.39, 0.29) is 17.9 Å². The van der Waals surface area contributed by atoms with Crippen LogP contribution in [0.1, 0.15) is 64.4 Å². The molecule has 0 spiro atoms. The number of piperidine rings is 1. The molecule has 4 heteroatoms. The van der Waals surface area contributed by atoms with Crippen LogP contribution in [-0.2, 0) is 10.4 Å². The summed E-state index contributed by atoms with van der Waals surface area (Å²) in [5, 5.41) is 14.8. The van der Waals surface area contributed by atoms with Gasteiger partial charge in [-0.25, -0.2) is 0 Å². The molecule has 2 fully saturated rings. The Balaban J connectivity index is 1.61. The van der Waals surface area contributed by atoms with Crippen molar-refractivity contribution in [1.29, 1.82) is 0 Å². The molecule has 1 saturated heterocycles. The van der Waals surface area contributed by atoms with Crippen molar-refractivity contribution in [3.63, 3.8) is 0 Å². The fourth-order valence-electron chi connectivity index (χ4n) is 4.56. The Morgan fingerprint density at radius 1 is 1.18 bits per heavy atom. The Hall–Kier alpha value is -1.81. The number of carbonyl (C=O) groups is 1. The summed E-state index contributed by atoms with van der Waals surface area (Å²) in [5.41, 5.74) is -0.681. The third-order valence-corrected chi connectivity index (χ3v) is 6.29. The molecule has 4 nitrogen and oxygen atoms in total. The average Bonchev–Trinajstić information content (AvgIpc) is 3.24. The minimum Gasteiger partial charge on any atom is -0.377 e. The number of hydrogen-bond donors (Lipinski definition) is 2. The fourth-order valence-corrected chi connectivity index (χ4v) is 4.56. The summed E-state index contributed by atoms with van der Waals surface area (Å²) in [5.74, 6) is 0.479. The Morgan fingerprint density at radius 3 is 2.43 bits per heavy atom. The molecule has 0 radical (unpaired) electrons. The predicted molar refractivity (Wildman–Crippen MR) is 114 cm³/mol. The Kier molecular flexibility index (Phi) is 7.17. The highest BCUT2D eigenvalue weighted by atomic mass is 16.3. The highest BCUT2D eigenvalue weighted by Crippen LogP contribution is 2.41. The molecule has 1 aromatic carbocycles. The lowest BCUT2D eigenvalue weighted by Gasteiger charge is -2.37. The molecular formula is C24H36N2O2. The van der Waals surface area contributed by atoms with Gasteiger partial charge in [0.1, 0.15) is 0 Å². The number of nitrogens with zero attached hydrogens (tertiary/aromatic N) is 1. The minimum absolute atomic E-state index is 0.00829. The zero-order chi connectivity index (χ0) is 20.0.